The molecule has 11 heteroatoms. The average Bonchev–Trinajstić information content (AvgIpc) is 2.98. The lowest BCUT2D eigenvalue weighted by Crippen LogP contribution is -2.53. The smallest absolute Gasteiger partial charge is 0.372 e. The Bertz CT molecular complexity index is 921. The van der Waals surface area contributed by atoms with Crippen molar-refractivity contribution in [1.82, 2.24) is 10.0 Å². The van der Waals surface area contributed by atoms with E-state index in [2.05, 4.69) is 0 Å². The van der Waals surface area contributed by atoms with Crippen LogP contribution >= 0.6 is 0 Å². The molecular weight excluding hydrogens is 416 g/mol. The molecule has 0 spiro atoms. The van der Waals surface area contributed by atoms with Crippen LogP contribution in [-0.2, 0) is 4.79 Å². The second-order valence-corrected chi connectivity index (χ2v) is 6.16. The zero-order valence-electron chi connectivity index (χ0n) is 15.4. The first-order chi connectivity index (χ1) is 14.1. The maximum atomic E-state index is 14.7. The number of alkyl halides is 5. The number of rotatable bonds is 5. The molecule has 0 radical (unpaired) electrons. The molecule has 160 valence electrons. The number of amides is 1. The van der Waals surface area contributed by atoms with Gasteiger partial charge in [0.05, 0.1) is 11.3 Å². The van der Waals surface area contributed by atoms with Crippen LogP contribution in [0.25, 0.3) is 0 Å². The van der Waals surface area contributed by atoms with Crippen LogP contribution in [0.5, 0.6) is 5.75 Å². The Kier molecular flexibility index (Phi) is 5.92. The second kappa shape index (κ2) is 8.27. The third-order valence-corrected chi connectivity index (χ3v) is 4.23. The van der Waals surface area contributed by atoms with Gasteiger partial charge in [0.15, 0.2) is 5.75 Å². The monoisotopic (exact) mass is 431 g/mol. The third-order valence-electron chi connectivity index (χ3n) is 4.23. The Morgan fingerprint density at radius 2 is 1.57 bits per heavy atom. The summed E-state index contributed by atoms with van der Waals surface area (Å²) in [7, 11) is 0.601. The summed E-state index contributed by atoms with van der Waals surface area (Å²) in [6, 6.07) is 12.0. The van der Waals surface area contributed by atoms with Crippen LogP contribution in [0, 0.1) is 0 Å². The number of hydroxylamine groups is 1. The van der Waals surface area contributed by atoms with E-state index in [9.17, 15) is 31.1 Å². The van der Waals surface area contributed by atoms with Crippen molar-refractivity contribution in [3.63, 3.8) is 0 Å². The Hall–Kier alpha value is -3.21. The molecule has 1 atom stereocenters. The summed E-state index contributed by atoms with van der Waals surface area (Å²) in [5.74, 6) is -3.16. The summed E-state index contributed by atoms with van der Waals surface area (Å²) in [5.41, 5.74) is -1.36. The molecule has 1 amide bonds. The maximum absolute atomic E-state index is 14.7. The average molecular weight is 431 g/mol. The van der Waals surface area contributed by atoms with E-state index in [-0.39, 0.29) is 16.4 Å². The highest BCUT2D eigenvalue weighted by Gasteiger charge is 2.58. The molecular formula is C19H15F6N3O2. The molecule has 2 aromatic rings. The predicted octanol–water partition coefficient (Wildman–Crippen LogP) is 4.51. The molecule has 0 saturated carbocycles. The van der Waals surface area contributed by atoms with Crippen LogP contribution in [-0.4, -0.2) is 41.7 Å². The number of nitrogens with zero attached hydrogens (tertiary/aromatic N) is 3. The van der Waals surface area contributed by atoms with Gasteiger partial charge in [-0.15, -0.1) is 10.1 Å². The van der Waals surface area contributed by atoms with Gasteiger partial charge in [0.25, 0.3) is 12.3 Å². The molecule has 1 heterocycles. The van der Waals surface area contributed by atoms with Gasteiger partial charge >= 0.3 is 6.30 Å². The van der Waals surface area contributed by atoms with Crippen molar-refractivity contribution in [3.8, 4) is 5.75 Å². The molecule has 0 fully saturated rings. The lowest BCUT2D eigenvalue weighted by Gasteiger charge is -2.32. The highest BCUT2D eigenvalue weighted by molar-refractivity contribution is 6.06. The molecule has 0 N–H and O–H groups in total. The van der Waals surface area contributed by atoms with E-state index in [1.165, 1.54) is 36.4 Å². The summed E-state index contributed by atoms with van der Waals surface area (Å²) in [6.07, 6.45) is -9.07. The van der Waals surface area contributed by atoms with E-state index in [0.717, 1.165) is 0 Å². The van der Waals surface area contributed by atoms with Gasteiger partial charge in [0.1, 0.15) is 6.04 Å². The number of benzene rings is 2. The third kappa shape index (κ3) is 4.06. The quantitative estimate of drug-likeness (QED) is 0.397. The van der Waals surface area contributed by atoms with E-state index in [1.807, 2.05) is 0 Å². The fourth-order valence-corrected chi connectivity index (χ4v) is 2.95. The van der Waals surface area contributed by atoms with E-state index in [0.29, 0.717) is 12.1 Å². The summed E-state index contributed by atoms with van der Waals surface area (Å²) in [5, 5.41) is -0.505. The van der Waals surface area contributed by atoms with E-state index in [1.54, 1.807) is 24.3 Å². The Morgan fingerprint density at radius 3 is 2.07 bits per heavy atom. The topological polar surface area (TPSA) is 36.0 Å². The maximum Gasteiger partial charge on any atom is 0.478 e. The zero-order valence-corrected chi connectivity index (χ0v) is 15.4. The van der Waals surface area contributed by atoms with Crippen LogP contribution in [0.2, 0.25) is 0 Å². The van der Waals surface area contributed by atoms with Gasteiger partial charge in [-0.25, -0.2) is 8.78 Å². The number of hydrogen-bond acceptors (Lipinski definition) is 4. The molecule has 5 nitrogen and oxygen atoms in total. The minimum absolute atomic E-state index is 0.00720. The highest BCUT2D eigenvalue weighted by atomic mass is 19.4. The van der Waals surface area contributed by atoms with E-state index >= 15 is 0 Å². The van der Waals surface area contributed by atoms with Crippen molar-refractivity contribution in [1.29, 1.82) is 0 Å². The van der Waals surface area contributed by atoms with Crippen molar-refractivity contribution in [3.05, 3.63) is 72.2 Å². The summed E-state index contributed by atoms with van der Waals surface area (Å²) in [6.45, 7) is 0. The van der Waals surface area contributed by atoms with Crippen molar-refractivity contribution < 1.29 is 36.0 Å². The van der Waals surface area contributed by atoms with Gasteiger partial charge in [0.2, 0.25) is 5.95 Å². The van der Waals surface area contributed by atoms with Gasteiger partial charge in [-0.3, -0.25) is 9.80 Å². The van der Waals surface area contributed by atoms with Crippen molar-refractivity contribution >= 4 is 11.6 Å². The van der Waals surface area contributed by atoms with E-state index < -0.39 is 41.2 Å². The minimum atomic E-state index is -5.35. The fourth-order valence-electron chi connectivity index (χ4n) is 2.95. The number of carbonyl (C=O) groups excluding carboxylic acids is 1. The minimum Gasteiger partial charge on any atom is -0.372 e. The number of hydrogen-bond donors (Lipinski definition) is 0. The van der Waals surface area contributed by atoms with Gasteiger partial charge in [-0.1, -0.05) is 36.4 Å². The van der Waals surface area contributed by atoms with Crippen LogP contribution in [0.1, 0.15) is 0 Å². The largest absolute Gasteiger partial charge is 0.478 e. The molecule has 1 aliphatic rings. The number of para-hydroxylation sites is 2. The summed E-state index contributed by atoms with van der Waals surface area (Å²) >= 11 is 0. The zero-order chi connectivity index (χ0) is 22.1. The summed E-state index contributed by atoms with van der Waals surface area (Å²) < 4.78 is 81.8. The molecule has 0 aliphatic carbocycles. The SMILES string of the molecule is CN1C(F)=C(C(=O)N(Oc2ccccc2)c2ccccc2)C(C(F)F)N1C(F)(F)F. The normalized spacial score (nSPS) is 17.6. The Morgan fingerprint density at radius 1 is 1.03 bits per heavy atom. The van der Waals surface area contributed by atoms with Crippen LogP contribution in [0.15, 0.2) is 72.2 Å². The van der Waals surface area contributed by atoms with Gasteiger partial charge in [-0.2, -0.15) is 17.6 Å². The highest BCUT2D eigenvalue weighted by Crippen LogP contribution is 2.41. The molecule has 0 aromatic heterocycles. The molecule has 1 aliphatic heterocycles. The first-order valence-corrected chi connectivity index (χ1v) is 8.53. The first kappa shape index (κ1) is 21.5. The molecule has 0 saturated heterocycles. The van der Waals surface area contributed by atoms with Crippen molar-refractivity contribution in [2.75, 3.05) is 12.1 Å². The predicted molar refractivity (Wildman–Crippen MR) is 94.6 cm³/mol. The fraction of sp³-hybridized carbons (Fsp3) is 0.211. The van der Waals surface area contributed by atoms with Crippen molar-refractivity contribution in [2.45, 2.75) is 18.8 Å². The Balaban J connectivity index is 2.06. The molecule has 30 heavy (non-hydrogen) atoms. The van der Waals surface area contributed by atoms with Crippen LogP contribution < -0.4 is 9.90 Å². The summed E-state index contributed by atoms with van der Waals surface area (Å²) in [4.78, 5) is 18.5. The molecule has 1 unspecified atom stereocenters. The number of anilines is 1. The van der Waals surface area contributed by atoms with Crippen LogP contribution in [0.3, 0.4) is 0 Å². The number of carbonyl (C=O) groups is 1. The number of hydrazine groups is 1. The van der Waals surface area contributed by atoms with Crippen LogP contribution in [0.4, 0.5) is 32.0 Å². The van der Waals surface area contributed by atoms with Gasteiger partial charge in [0, 0.05) is 7.05 Å². The molecule has 2 aromatic carbocycles. The van der Waals surface area contributed by atoms with Crippen molar-refractivity contribution in [2.24, 2.45) is 0 Å². The van der Waals surface area contributed by atoms with Gasteiger partial charge < -0.3 is 4.84 Å². The molecule has 0 bridgehead atoms. The second-order valence-electron chi connectivity index (χ2n) is 6.16. The Labute approximate surface area is 167 Å². The standard InChI is InChI=1S/C19H15F6N3O2/c1-26-17(22)14(15(16(20)21)28(26)19(23,24)25)18(29)27(12-8-4-2-5-9-12)30-13-10-6-3-7-11-13/h2-11,15-16H,1H3. The van der Waals surface area contributed by atoms with E-state index in [4.69, 9.17) is 4.84 Å². The van der Waals surface area contributed by atoms with Gasteiger partial charge in [-0.05, 0) is 24.3 Å². The number of halogens is 6. The lowest BCUT2D eigenvalue weighted by atomic mass is 10.1. The lowest BCUT2D eigenvalue weighted by molar-refractivity contribution is -0.315. The molecule has 3 rings (SSSR count). The first-order valence-electron chi connectivity index (χ1n) is 8.53.